The standard InChI is InChI=1S/C13H18Cl2N2O/c1-3-17(4-2)13(18)9-16-8-10-5-6-11(14)7-12(10)15/h5-7,16H,3-4,8-9H2,1-2H3. The van der Waals surface area contributed by atoms with Crippen LogP contribution in [0.25, 0.3) is 0 Å². The van der Waals surface area contributed by atoms with Gasteiger partial charge in [0.1, 0.15) is 0 Å². The Labute approximate surface area is 118 Å². The second-order valence-corrected chi connectivity index (χ2v) is 4.75. The van der Waals surface area contributed by atoms with Gasteiger partial charge in [0.2, 0.25) is 5.91 Å². The van der Waals surface area contributed by atoms with E-state index in [4.69, 9.17) is 23.2 Å². The summed E-state index contributed by atoms with van der Waals surface area (Å²) in [5, 5.41) is 4.32. The van der Waals surface area contributed by atoms with Gasteiger partial charge in [-0.3, -0.25) is 4.79 Å². The van der Waals surface area contributed by atoms with Gasteiger partial charge in [-0.15, -0.1) is 0 Å². The Morgan fingerprint density at radius 2 is 1.94 bits per heavy atom. The predicted molar refractivity (Wildman–Crippen MR) is 76.1 cm³/mol. The van der Waals surface area contributed by atoms with Crippen LogP contribution in [-0.4, -0.2) is 30.4 Å². The van der Waals surface area contributed by atoms with Crippen LogP contribution < -0.4 is 5.32 Å². The van der Waals surface area contributed by atoms with Gasteiger partial charge < -0.3 is 10.2 Å². The molecule has 5 heteroatoms. The van der Waals surface area contributed by atoms with Crippen molar-refractivity contribution in [3.8, 4) is 0 Å². The van der Waals surface area contributed by atoms with E-state index in [1.807, 2.05) is 19.9 Å². The molecule has 0 heterocycles. The highest BCUT2D eigenvalue weighted by Gasteiger charge is 2.09. The van der Waals surface area contributed by atoms with Gasteiger partial charge in [0, 0.05) is 29.7 Å². The third-order valence-corrected chi connectivity index (χ3v) is 3.31. The van der Waals surface area contributed by atoms with Crippen molar-refractivity contribution >= 4 is 29.1 Å². The van der Waals surface area contributed by atoms with Crippen LogP contribution in [-0.2, 0) is 11.3 Å². The van der Waals surface area contributed by atoms with Crippen molar-refractivity contribution in [2.45, 2.75) is 20.4 Å². The Bertz CT molecular complexity index is 406. The van der Waals surface area contributed by atoms with E-state index in [9.17, 15) is 4.79 Å². The SMILES string of the molecule is CCN(CC)C(=O)CNCc1ccc(Cl)cc1Cl. The minimum Gasteiger partial charge on any atom is -0.342 e. The van der Waals surface area contributed by atoms with Crippen molar-refractivity contribution in [3.63, 3.8) is 0 Å². The number of amides is 1. The Kier molecular flexibility index (Phi) is 6.47. The number of likely N-dealkylation sites (N-methyl/N-ethyl adjacent to an activating group) is 1. The first-order chi connectivity index (χ1) is 8.58. The lowest BCUT2D eigenvalue weighted by molar-refractivity contribution is -0.129. The van der Waals surface area contributed by atoms with Crippen molar-refractivity contribution in [2.75, 3.05) is 19.6 Å². The molecule has 0 aromatic heterocycles. The number of hydrogen-bond donors (Lipinski definition) is 1. The number of benzene rings is 1. The summed E-state index contributed by atoms with van der Waals surface area (Å²) >= 11 is 11.9. The molecule has 0 aliphatic rings. The van der Waals surface area contributed by atoms with E-state index in [1.165, 1.54) is 0 Å². The van der Waals surface area contributed by atoms with Gasteiger partial charge in [-0.05, 0) is 31.5 Å². The lowest BCUT2D eigenvalue weighted by atomic mass is 10.2. The third-order valence-electron chi connectivity index (χ3n) is 2.72. The van der Waals surface area contributed by atoms with Crippen LogP contribution in [0.1, 0.15) is 19.4 Å². The van der Waals surface area contributed by atoms with Gasteiger partial charge in [-0.2, -0.15) is 0 Å². The molecule has 0 atom stereocenters. The van der Waals surface area contributed by atoms with Crippen molar-refractivity contribution < 1.29 is 4.79 Å². The molecule has 1 N–H and O–H groups in total. The fraction of sp³-hybridized carbons (Fsp3) is 0.462. The second-order valence-electron chi connectivity index (χ2n) is 3.91. The number of carbonyl (C=O) groups is 1. The molecule has 0 aliphatic heterocycles. The molecular weight excluding hydrogens is 271 g/mol. The number of carbonyl (C=O) groups excluding carboxylic acids is 1. The smallest absolute Gasteiger partial charge is 0.236 e. The molecule has 0 saturated heterocycles. The van der Waals surface area contributed by atoms with Crippen LogP contribution in [0, 0.1) is 0 Å². The van der Waals surface area contributed by atoms with E-state index in [-0.39, 0.29) is 5.91 Å². The Hall–Kier alpha value is -0.770. The fourth-order valence-corrected chi connectivity index (χ4v) is 2.13. The van der Waals surface area contributed by atoms with Crippen LogP contribution in [0.2, 0.25) is 10.0 Å². The molecule has 1 rings (SSSR count). The Balaban J connectivity index is 2.44. The summed E-state index contributed by atoms with van der Waals surface area (Å²) in [7, 11) is 0. The monoisotopic (exact) mass is 288 g/mol. The summed E-state index contributed by atoms with van der Waals surface area (Å²) in [5.41, 5.74) is 0.938. The van der Waals surface area contributed by atoms with E-state index in [1.54, 1.807) is 17.0 Å². The van der Waals surface area contributed by atoms with Gasteiger partial charge in [0.05, 0.1) is 6.54 Å². The molecule has 0 aliphatic carbocycles. The second kappa shape index (κ2) is 7.62. The maximum Gasteiger partial charge on any atom is 0.236 e. The molecule has 1 amide bonds. The van der Waals surface area contributed by atoms with Crippen molar-refractivity contribution in [2.24, 2.45) is 0 Å². The molecule has 3 nitrogen and oxygen atoms in total. The molecule has 0 saturated carbocycles. The molecule has 1 aromatic rings. The quantitative estimate of drug-likeness (QED) is 0.873. The first kappa shape index (κ1) is 15.3. The van der Waals surface area contributed by atoms with Gasteiger partial charge in [-0.1, -0.05) is 29.3 Å². The van der Waals surface area contributed by atoms with Gasteiger partial charge >= 0.3 is 0 Å². The van der Waals surface area contributed by atoms with Crippen LogP contribution >= 0.6 is 23.2 Å². The lowest BCUT2D eigenvalue weighted by Crippen LogP contribution is -2.37. The van der Waals surface area contributed by atoms with E-state index < -0.39 is 0 Å². The highest BCUT2D eigenvalue weighted by Crippen LogP contribution is 2.20. The topological polar surface area (TPSA) is 32.3 Å². The van der Waals surface area contributed by atoms with Crippen molar-refractivity contribution in [3.05, 3.63) is 33.8 Å². The first-order valence-electron chi connectivity index (χ1n) is 6.00. The van der Waals surface area contributed by atoms with Crippen LogP contribution in [0.4, 0.5) is 0 Å². The Morgan fingerprint density at radius 1 is 1.28 bits per heavy atom. The minimum atomic E-state index is 0.102. The summed E-state index contributed by atoms with van der Waals surface area (Å²) in [6.45, 7) is 6.29. The van der Waals surface area contributed by atoms with Gasteiger partial charge in [-0.25, -0.2) is 0 Å². The molecular formula is C13H18Cl2N2O. The highest BCUT2D eigenvalue weighted by molar-refractivity contribution is 6.35. The summed E-state index contributed by atoms with van der Waals surface area (Å²) < 4.78 is 0. The molecule has 0 spiro atoms. The third kappa shape index (κ3) is 4.48. The van der Waals surface area contributed by atoms with Gasteiger partial charge in [0.15, 0.2) is 0 Å². The summed E-state index contributed by atoms with van der Waals surface area (Å²) in [5.74, 6) is 0.102. The molecule has 0 bridgehead atoms. The van der Waals surface area contributed by atoms with Crippen molar-refractivity contribution in [1.29, 1.82) is 0 Å². The average Bonchev–Trinajstić information content (AvgIpc) is 2.33. The van der Waals surface area contributed by atoms with Crippen LogP contribution in [0.15, 0.2) is 18.2 Å². The Morgan fingerprint density at radius 3 is 2.50 bits per heavy atom. The van der Waals surface area contributed by atoms with E-state index in [2.05, 4.69) is 5.32 Å². The van der Waals surface area contributed by atoms with Crippen molar-refractivity contribution in [1.82, 2.24) is 10.2 Å². The molecule has 1 aromatic carbocycles. The number of nitrogens with zero attached hydrogens (tertiary/aromatic N) is 1. The summed E-state index contributed by atoms with van der Waals surface area (Å²) in [6.07, 6.45) is 0. The van der Waals surface area contributed by atoms with Crippen LogP contribution in [0.3, 0.4) is 0 Å². The maximum absolute atomic E-state index is 11.7. The summed E-state index contributed by atoms with van der Waals surface area (Å²) in [4.78, 5) is 13.5. The summed E-state index contributed by atoms with van der Waals surface area (Å²) in [6, 6.07) is 5.35. The molecule has 0 fully saturated rings. The number of halogens is 2. The molecule has 100 valence electrons. The number of nitrogens with one attached hydrogen (secondary N) is 1. The molecule has 18 heavy (non-hydrogen) atoms. The zero-order chi connectivity index (χ0) is 13.5. The maximum atomic E-state index is 11.7. The lowest BCUT2D eigenvalue weighted by Gasteiger charge is -2.18. The van der Waals surface area contributed by atoms with E-state index in [0.29, 0.717) is 23.1 Å². The predicted octanol–water partition coefficient (Wildman–Crippen LogP) is 2.95. The zero-order valence-corrected chi connectivity index (χ0v) is 12.2. The highest BCUT2D eigenvalue weighted by atomic mass is 35.5. The fourth-order valence-electron chi connectivity index (χ4n) is 1.66. The van der Waals surface area contributed by atoms with Crippen LogP contribution in [0.5, 0.6) is 0 Å². The van der Waals surface area contributed by atoms with Gasteiger partial charge in [0.25, 0.3) is 0 Å². The van der Waals surface area contributed by atoms with E-state index in [0.717, 1.165) is 18.7 Å². The average molecular weight is 289 g/mol. The number of hydrogen-bond acceptors (Lipinski definition) is 2. The van der Waals surface area contributed by atoms with E-state index >= 15 is 0 Å². The normalized spacial score (nSPS) is 10.4. The molecule has 0 radical (unpaired) electrons. The molecule has 0 unspecified atom stereocenters. The number of rotatable bonds is 6. The zero-order valence-electron chi connectivity index (χ0n) is 10.7. The minimum absolute atomic E-state index is 0.102. The first-order valence-corrected chi connectivity index (χ1v) is 6.76. The largest absolute Gasteiger partial charge is 0.342 e.